The van der Waals surface area contributed by atoms with Gasteiger partial charge in [0, 0.05) is 18.6 Å². The molecule has 1 aliphatic heterocycles. The van der Waals surface area contributed by atoms with E-state index in [4.69, 9.17) is 9.47 Å². The Kier molecular flexibility index (Phi) is 8.42. The number of hydrogen-bond donors (Lipinski definition) is 3. The van der Waals surface area contributed by atoms with Crippen LogP contribution in [0.15, 0.2) is 12.1 Å². The highest BCUT2D eigenvalue weighted by molar-refractivity contribution is 5.77. The molecule has 2 rings (SSSR count). The Balaban J connectivity index is 2.46. The largest absolute Gasteiger partial charge is 0.493 e. The predicted molar refractivity (Wildman–Crippen MR) is 122 cm³/mol. The Bertz CT molecular complexity index is 776. The van der Waals surface area contributed by atoms with Crippen LogP contribution in [-0.4, -0.2) is 55.9 Å². The van der Waals surface area contributed by atoms with Crippen LogP contribution in [0, 0.1) is 0 Å². The van der Waals surface area contributed by atoms with Crippen LogP contribution in [0.25, 0.3) is 0 Å². The van der Waals surface area contributed by atoms with E-state index in [2.05, 4.69) is 16.0 Å². The summed E-state index contributed by atoms with van der Waals surface area (Å²) >= 11 is 0. The normalized spacial score (nSPS) is 16.7. The van der Waals surface area contributed by atoms with Crippen molar-refractivity contribution < 1.29 is 19.1 Å². The van der Waals surface area contributed by atoms with Gasteiger partial charge in [0.2, 0.25) is 0 Å². The van der Waals surface area contributed by atoms with Crippen molar-refractivity contribution in [3.8, 4) is 11.5 Å². The number of nitrogens with one attached hydrogen (secondary N) is 3. The van der Waals surface area contributed by atoms with Crippen LogP contribution in [0.3, 0.4) is 0 Å². The number of amides is 4. The summed E-state index contributed by atoms with van der Waals surface area (Å²) in [5.41, 5.74) is 1.71. The lowest BCUT2D eigenvalue weighted by Gasteiger charge is -2.42. The molecule has 2 unspecified atom stereocenters. The molecular weight excluding hydrogens is 396 g/mol. The zero-order valence-corrected chi connectivity index (χ0v) is 19.9. The first-order chi connectivity index (χ1) is 14.6. The van der Waals surface area contributed by atoms with Crippen molar-refractivity contribution in [3.63, 3.8) is 0 Å². The van der Waals surface area contributed by atoms with Crippen LogP contribution in [0.4, 0.5) is 9.59 Å². The zero-order valence-electron chi connectivity index (χ0n) is 19.9. The van der Waals surface area contributed by atoms with Crippen molar-refractivity contribution in [3.05, 3.63) is 23.3 Å². The Labute approximate surface area is 186 Å². The summed E-state index contributed by atoms with van der Waals surface area (Å²) in [7, 11) is 3.21. The lowest BCUT2D eigenvalue weighted by atomic mass is 9.86. The molecule has 3 N–H and O–H groups in total. The summed E-state index contributed by atoms with van der Waals surface area (Å²) in [5, 5.41) is 9.04. The smallest absolute Gasteiger partial charge is 0.317 e. The van der Waals surface area contributed by atoms with Gasteiger partial charge < -0.3 is 30.3 Å². The number of carbonyl (C=O) groups is 2. The van der Waals surface area contributed by atoms with E-state index in [1.54, 1.807) is 14.2 Å². The summed E-state index contributed by atoms with van der Waals surface area (Å²) in [4.78, 5) is 27.5. The highest BCUT2D eigenvalue weighted by Crippen LogP contribution is 2.40. The average Bonchev–Trinajstić information content (AvgIpc) is 2.72. The number of methoxy groups -OCH3 is 2. The Hall–Kier alpha value is -2.64. The average molecular weight is 435 g/mol. The van der Waals surface area contributed by atoms with Gasteiger partial charge in [0.25, 0.3) is 0 Å². The lowest BCUT2D eigenvalue weighted by molar-refractivity contribution is 0.146. The quantitative estimate of drug-likeness (QED) is 0.611. The summed E-state index contributed by atoms with van der Waals surface area (Å²) in [5.74, 6) is 1.27. The number of nitrogens with zero attached hydrogens (tertiary/aromatic N) is 1. The molecule has 0 spiro atoms. The molecule has 0 saturated heterocycles. The molecule has 0 radical (unpaired) electrons. The van der Waals surface area contributed by atoms with E-state index in [0.717, 1.165) is 17.5 Å². The number of fused-ring (bicyclic) bond motifs is 1. The van der Waals surface area contributed by atoms with Crippen LogP contribution >= 0.6 is 0 Å². The fourth-order valence-corrected chi connectivity index (χ4v) is 3.92. The lowest BCUT2D eigenvalue weighted by Crippen LogP contribution is -2.56. The number of benzene rings is 1. The summed E-state index contributed by atoms with van der Waals surface area (Å²) < 4.78 is 11.0. The number of hydrogen-bond acceptors (Lipinski definition) is 4. The topological polar surface area (TPSA) is 91.9 Å². The second kappa shape index (κ2) is 10.6. The first-order valence-electron chi connectivity index (χ1n) is 11.0. The van der Waals surface area contributed by atoms with Gasteiger partial charge in [-0.2, -0.15) is 0 Å². The fraction of sp³-hybridized carbons (Fsp3) is 0.652. The van der Waals surface area contributed by atoms with Gasteiger partial charge >= 0.3 is 12.1 Å². The Morgan fingerprint density at radius 1 is 1.16 bits per heavy atom. The SMILES string of the molecule is CCCNC(=O)N1CCc2cc(OC)c(OC)cc2C1C(CC)NC(=O)NC(C)(C)C. The maximum absolute atomic E-state index is 13.0. The van der Waals surface area contributed by atoms with Gasteiger partial charge in [0.1, 0.15) is 0 Å². The molecule has 0 aromatic heterocycles. The van der Waals surface area contributed by atoms with Crippen molar-refractivity contribution >= 4 is 12.1 Å². The molecule has 8 nitrogen and oxygen atoms in total. The van der Waals surface area contributed by atoms with E-state index in [9.17, 15) is 9.59 Å². The molecule has 0 fully saturated rings. The van der Waals surface area contributed by atoms with Crippen LogP contribution in [0.5, 0.6) is 11.5 Å². The highest BCUT2D eigenvalue weighted by Gasteiger charge is 2.37. The van der Waals surface area contributed by atoms with Gasteiger partial charge in [-0.1, -0.05) is 13.8 Å². The van der Waals surface area contributed by atoms with Crippen molar-refractivity contribution in [1.29, 1.82) is 0 Å². The van der Waals surface area contributed by atoms with E-state index in [1.165, 1.54) is 0 Å². The van der Waals surface area contributed by atoms with Gasteiger partial charge in [-0.05, 0) is 63.3 Å². The molecule has 4 amide bonds. The molecule has 8 heteroatoms. The van der Waals surface area contributed by atoms with Crippen molar-refractivity contribution in [2.24, 2.45) is 0 Å². The Morgan fingerprint density at radius 2 is 1.81 bits per heavy atom. The van der Waals surface area contributed by atoms with Gasteiger partial charge in [0.15, 0.2) is 11.5 Å². The van der Waals surface area contributed by atoms with Gasteiger partial charge in [-0.15, -0.1) is 0 Å². The second-order valence-electron chi connectivity index (χ2n) is 8.89. The third-order valence-electron chi connectivity index (χ3n) is 5.33. The van der Waals surface area contributed by atoms with Crippen LogP contribution in [0.2, 0.25) is 0 Å². The van der Waals surface area contributed by atoms with Gasteiger partial charge in [0.05, 0.1) is 26.3 Å². The van der Waals surface area contributed by atoms with Crippen LogP contribution < -0.4 is 25.4 Å². The minimum atomic E-state index is -0.360. The fourth-order valence-electron chi connectivity index (χ4n) is 3.92. The monoisotopic (exact) mass is 434 g/mol. The molecular formula is C23H38N4O4. The van der Waals surface area contributed by atoms with E-state index in [-0.39, 0.29) is 29.7 Å². The van der Waals surface area contributed by atoms with E-state index in [1.807, 2.05) is 51.7 Å². The van der Waals surface area contributed by atoms with Crippen LogP contribution in [-0.2, 0) is 6.42 Å². The molecule has 0 bridgehead atoms. The summed E-state index contributed by atoms with van der Waals surface area (Å²) in [6.07, 6.45) is 2.22. The molecule has 174 valence electrons. The molecule has 1 aliphatic rings. The van der Waals surface area contributed by atoms with E-state index < -0.39 is 0 Å². The summed E-state index contributed by atoms with van der Waals surface area (Å²) in [6, 6.07) is 2.95. The first-order valence-corrected chi connectivity index (χ1v) is 11.0. The predicted octanol–water partition coefficient (Wildman–Crippen LogP) is 3.60. The van der Waals surface area contributed by atoms with Crippen molar-refractivity contribution in [2.45, 2.75) is 71.5 Å². The molecule has 2 atom stereocenters. The number of carbonyl (C=O) groups excluding carboxylic acids is 2. The number of urea groups is 2. The highest BCUT2D eigenvalue weighted by atomic mass is 16.5. The molecule has 1 heterocycles. The van der Waals surface area contributed by atoms with Gasteiger partial charge in [-0.25, -0.2) is 9.59 Å². The third kappa shape index (κ3) is 6.18. The van der Waals surface area contributed by atoms with Crippen molar-refractivity contribution in [1.82, 2.24) is 20.9 Å². The minimum absolute atomic E-state index is 0.122. The van der Waals surface area contributed by atoms with E-state index in [0.29, 0.717) is 37.4 Å². The molecule has 1 aromatic carbocycles. The third-order valence-corrected chi connectivity index (χ3v) is 5.33. The standard InChI is InChI=1S/C23H38N4O4/c1-8-11-24-22(29)27-12-10-15-13-18(30-6)19(31-7)14-16(15)20(27)17(9-2)25-21(28)26-23(3,4)5/h13-14,17,20H,8-12H2,1-7H3,(H,24,29)(H2,25,26,28). The van der Waals surface area contributed by atoms with Gasteiger partial charge in [-0.3, -0.25) is 0 Å². The summed E-state index contributed by atoms with van der Waals surface area (Å²) in [6.45, 7) is 11.0. The molecule has 31 heavy (non-hydrogen) atoms. The minimum Gasteiger partial charge on any atom is -0.493 e. The molecule has 0 saturated carbocycles. The van der Waals surface area contributed by atoms with Crippen LogP contribution in [0.1, 0.15) is 64.6 Å². The Morgan fingerprint density at radius 3 is 2.35 bits per heavy atom. The van der Waals surface area contributed by atoms with Crippen molar-refractivity contribution in [2.75, 3.05) is 27.3 Å². The van der Waals surface area contributed by atoms with E-state index >= 15 is 0 Å². The molecule has 1 aromatic rings. The maximum atomic E-state index is 13.0. The zero-order chi connectivity index (χ0) is 23.2. The maximum Gasteiger partial charge on any atom is 0.317 e. The second-order valence-corrected chi connectivity index (χ2v) is 8.89. The first kappa shape index (κ1) is 24.6. The molecule has 0 aliphatic carbocycles. The number of rotatable bonds is 7. The number of ether oxygens (including phenoxy) is 2.